The van der Waals surface area contributed by atoms with Crippen LogP contribution in [-0.2, 0) is 22.5 Å². The second-order valence-electron chi connectivity index (χ2n) is 8.03. The molecule has 160 valence electrons. The van der Waals surface area contributed by atoms with Crippen LogP contribution in [0.2, 0.25) is 0 Å². The van der Waals surface area contributed by atoms with Crippen LogP contribution in [0.1, 0.15) is 24.6 Å². The third-order valence-electron chi connectivity index (χ3n) is 5.89. The van der Waals surface area contributed by atoms with Crippen molar-refractivity contribution >= 4 is 11.8 Å². The van der Waals surface area contributed by atoms with Crippen molar-refractivity contribution in [2.24, 2.45) is 0 Å². The molecule has 7 heteroatoms. The van der Waals surface area contributed by atoms with Crippen LogP contribution in [0, 0.1) is 0 Å². The summed E-state index contributed by atoms with van der Waals surface area (Å²) in [7, 11) is 2.17. The molecule has 1 saturated heterocycles. The maximum absolute atomic E-state index is 11.8. The van der Waals surface area contributed by atoms with Crippen LogP contribution in [0.3, 0.4) is 0 Å². The summed E-state index contributed by atoms with van der Waals surface area (Å²) in [5.41, 5.74) is 3.42. The zero-order chi connectivity index (χ0) is 20.9. The lowest BCUT2D eigenvalue weighted by Crippen LogP contribution is -2.46. The number of hydrogen-bond donors (Lipinski definition) is 0. The zero-order valence-electron chi connectivity index (χ0n) is 18.0. The fourth-order valence-corrected chi connectivity index (χ4v) is 4.12. The minimum atomic E-state index is -0.127. The monoisotopic (exact) mass is 409 g/mol. The average molecular weight is 410 g/mol. The molecule has 1 aromatic carbocycles. The first-order valence-electron chi connectivity index (χ1n) is 10.9. The highest BCUT2D eigenvalue weighted by Gasteiger charge is 2.27. The van der Waals surface area contributed by atoms with E-state index in [9.17, 15) is 4.79 Å². The van der Waals surface area contributed by atoms with Gasteiger partial charge in [-0.1, -0.05) is 30.3 Å². The number of nitrogens with zero attached hydrogens (tertiary/aromatic N) is 5. The predicted molar refractivity (Wildman–Crippen MR) is 117 cm³/mol. The van der Waals surface area contributed by atoms with Crippen molar-refractivity contribution in [2.45, 2.75) is 26.3 Å². The summed E-state index contributed by atoms with van der Waals surface area (Å²) in [4.78, 5) is 28.9. The Balaban J connectivity index is 1.60. The fourth-order valence-electron chi connectivity index (χ4n) is 4.12. The van der Waals surface area contributed by atoms with E-state index in [-0.39, 0.29) is 5.97 Å². The number of esters is 1. The maximum Gasteiger partial charge on any atom is 0.307 e. The molecule has 0 amide bonds. The molecular formula is C23H31N5O2. The summed E-state index contributed by atoms with van der Waals surface area (Å²) >= 11 is 0. The standard InChI is InChI=1S/C23H31N5O2/c1-3-30-21(29)10-12-27-11-9-20-19(17-27)23(28-15-13-26(2)14-16-28)25-22(24-20)18-7-5-4-6-8-18/h4-8H,3,9-17H2,1-2H3. The van der Waals surface area contributed by atoms with Crippen molar-refractivity contribution in [3.63, 3.8) is 0 Å². The van der Waals surface area contributed by atoms with E-state index >= 15 is 0 Å². The van der Waals surface area contributed by atoms with Gasteiger partial charge in [-0.3, -0.25) is 9.69 Å². The van der Waals surface area contributed by atoms with Crippen LogP contribution in [-0.4, -0.2) is 78.7 Å². The van der Waals surface area contributed by atoms with Gasteiger partial charge in [-0.2, -0.15) is 0 Å². The molecule has 2 aliphatic rings. The van der Waals surface area contributed by atoms with Gasteiger partial charge in [0.1, 0.15) is 5.82 Å². The van der Waals surface area contributed by atoms with Gasteiger partial charge in [-0.15, -0.1) is 0 Å². The SMILES string of the molecule is CCOC(=O)CCN1CCc2nc(-c3ccccc3)nc(N3CCN(C)CC3)c2C1. The molecule has 2 aromatic rings. The molecule has 0 spiro atoms. The van der Waals surface area contributed by atoms with Gasteiger partial charge in [0.05, 0.1) is 18.7 Å². The lowest BCUT2D eigenvalue weighted by Gasteiger charge is -2.37. The van der Waals surface area contributed by atoms with Crippen LogP contribution in [0.25, 0.3) is 11.4 Å². The van der Waals surface area contributed by atoms with Gasteiger partial charge in [-0.25, -0.2) is 9.97 Å². The van der Waals surface area contributed by atoms with Gasteiger partial charge in [0.25, 0.3) is 0 Å². The number of carbonyl (C=O) groups is 1. The van der Waals surface area contributed by atoms with Gasteiger partial charge in [0, 0.05) is 63.4 Å². The summed E-state index contributed by atoms with van der Waals surface area (Å²) in [5.74, 6) is 1.74. The van der Waals surface area contributed by atoms with E-state index in [1.54, 1.807) is 0 Å². The molecule has 3 heterocycles. The van der Waals surface area contributed by atoms with E-state index in [0.29, 0.717) is 19.6 Å². The largest absolute Gasteiger partial charge is 0.466 e. The number of likely N-dealkylation sites (N-methyl/N-ethyl adjacent to an activating group) is 1. The van der Waals surface area contributed by atoms with Gasteiger partial charge >= 0.3 is 5.97 Å². The van der Waals surface area contributed by atoms with E-state index in [0.717, 1.165) is 68.6 Å². The maximum atomic E-state index is 11.8. The summed E-state index contributed by atoms with van der Waals surface area (Å²) in [5, 5.41) is 0. The lowest BCUT2D eigenvalue weighted by atomic mass is 10.0. The number of benzene rings is 1. The Hall–Kier alpha value is -2.51. The number of ether oxygens (including phenoxy) is 1. The molecule has 0 N–H and O–H groups in total. The van der Waals surface area contributed by atoms with Crippen LogP contribution in [0.4, 0.5) is 5.82 Å². The van der Waals surface area contributed by atoms with Gasteiger partial charge in [0.2, 0.25) is 0 Å². The molecule has 0 radical (unpaired) electrons. The third kappa shape index (κ3) is 4.79. The molecule has 0 aliphatic carbocycles. The predicted octanol–water partition coefficient (Wildman–Crippen LogP) is 2.21. The van der Waals surface area contributed by atoms with E-state index < -0.39 is 0 Å². The highest BCUT2D eigenvalue weighted by molar-refractivity contribution is 5.69. The first-order valence-corrected chi connectivity index (χ1v) is 10.9. The second-order valence-corrected chi connectivity index (χ2v) is 8.03. The van der Waals surface area contributed by atoms with E-state index in [4.69, 9.17) is 14.7 Å². The molecule has 0 unspecified atom stereocenters. The topological polar surface area (TPSA) is 61.8 Å². The highest BCUT2D eigenvalue weighted by atomic mass is 16.5. The summed E-state index contributed by atoms with van der Waals surface area (Å²) in [6.45, 7) is 8.68. The molecule has 7 nitrogen and oxygen atoms in total. The Morgan fingerprint density at radius 2 is 1.83 bits per heavy atom. The number of hydrogen-bond acceptors (Lipinski definition) is 7. The van der Waals surface area contributed by atoms with Crippen molar-refractivity contribution in [3.8, 4) is 11.4 Å². The Morgan fingerprint density at radius 1 is 1.07 bits per heavy atom. The minimum Gasteiger partial charge on any atom is -0.466 e. The van der Waals surface area contributed by atoms with Crippen molar-refractivity contribution in [3.05, 3.63) is 41.6 Å². The number of rotatable bonds is 6. The quantitative estimate of drug-likeness (QED) is 0.678. The highest BCUT2D eigenvalue weighted by Crippen LogP contribution is 2.30. The van der Waals surface area contributed by atoms with E-state index in [2.05, 4.69) is 33.9 Å². The van der Waals surface area contributed by atoms with Crippen molar-refractivity contribution < 1.29 is 9.53 Å². The van der Waals surface area contributed by atoms with Crippen molar-refractivity contribution in [1.82, 2.24) is 19.8 Å². The normalized spacial score (nSPS) is 17.6. The summed E-state index contributed by atoms with van der Waals surface area (Å²) in [6.07, 6.45) is 1.30. The second kappa shape index (κ2) is 9.53. The minimum absolute atomic E-state index is 0.127. The first kappa shape index (κ1) is 20.8. The van der Waals surface area contributed by atoms with Crippen LogP contribution in [0.15, 0.2) is 30.3 Å². The van der Waals surface area contributed by atoms with Gasteiger partial charge in [-0.05, 0) is 14.0 Å². The molecular weight excluding hydrogens is 378 g/mol. The van der Waals surface area contributed by atoms with Crippen LogP contribution >= 0.6 is 0 Å². The Bertz CT molecular complexity index is 865. The van der Waals surface area contributed by atoms with E-state index in [1.165, 1.54) is 5.56 Å². The van der Waals surface area contributed by atoms with Gasteiger partial charge in [0.15, 0.2) is 5.82 Å². The molecule has 1 fully saturated rings. The summed E-state index contributed by atoms with van der Waals surface area (Å²) in [6, 6.07) is 10.2. The fraction of sp³-hybridized carbons (Fsp3) is 0.522. The van der Waals surface area contributed by atoms with E-state index in [1.807, 2.05) is 25.1 Å². The Labute approximate surface area is 178 Å². The molecule has 30 heavy (non-hydrogen) atoms. The first-order chi connectivity index (χ1) is 14.6. The molecule has 4 rings (SSSR count). The summed E-state index contributed by atoms with van der Waals surface area (Å²) < 4.78 is 5.09. The zero-order valence-corrected chi connectivity index (χ0v) is 18.0. The lowest BCUT2D eigenvalue weighted by molar-refractivity contribution is -0.143. The molecule has 2 aliphatic heterocycles. The number of aromatic nitrogens is 2. The molecule has 1 aromatic heterocycles. The van der Waals surface area contributed by atoms with Crippen LogP contribution in [0.5, 0.6) is 0 Å². The Morgan fingerprint density at radius 3 is 2.57 bits per heavy atom. The van der Waals surface area contributed by atoms with Crippen molar-refractivity contribution in [1.29, 1.82) is 0 Å². The van der Waals surface area contributed by atoms with Crippen molar-refractivity contribution in [2.75, 3.05) is 57.8 Å². The number of piperazine rings is 1. The third-order valence-corrected chi connectivity index (χ3v) is 5.89. The van der Waals surface area contributed by atoms with Gasteiger partial charge < -0.3 is 14.5 Å². The average Bonchev–Trinajstić information content (AvgIpc) is 2.78. The molecule has 0 bridgehead atoms. The molecule has 0 atom stereocenters. The Kier molecular flexibility index (Phi) is 6.59. The molecule has 0 saturated carbocycles. The van der Waals surface area contributed by atoms with Crippen LogP contribution < -0.4 is 4.90 Å². The number of anilines is 1. The number of carbonyl (C=O) groups excluding carboxylic acids is 1. The number of fused-ring (bicyclic) bond motifs is 1. The smallest absolute Gasteiger partial charge is 0.307 e.